The maximum absolute atomic E-state index is 12.6. The first kappa shape index (κ1) is 19.6. The summed E-state index contributed by atoms with van der Waals surface area (Å²) in [5.74, 6) is -0.731. The zero-order chi connectivity index (χ0) is 21.1. The average Bonchev–Trinajstić information content (AvgIpc) is 3.36. The summed E-state index contributed by atoms with van der Waals surface area (Å²) >= 11 is 3.17. The number of rotatable bonds is 4. The standard InChI is InChI=1S/C21H16BrN5O3/c1-13-12-16(22)30-17(13)20(28)24-25-21(29)18-23-19(14-8-4-2-5-9-14)27(26-18)15-10-6-3-7-11-15/h2-12H,1H3,(H,24,28)(H,25,29). The van der Waals surface area contributed by atoms with Gasteiger partial charge >= 0.3 is 11.8 Å². The van der Waals surface area contributed by atoms with E-state index < -0.39 is 11.8 Å². The van der Waals surface area contributed by atoms with E-state index in [0.29, 0.717) is 16.1 Å². The lowest BCUT2D eigenvalue weighted by Crippen LogP contribution is -2.42. The smallest absolute Gasteiger partial charge is 0.309 e. The molecule has 0 unspecified atom stereocenters. The number of aromatic nitrogens is 3. The van der Waals surface area contributed by atoms with Crippen molar-refractivity contribution >= 4 is 27.7 Å². The van der Waals surface area contributed by atoms with E-state index in [4.69, 9.17) is 4.42 Å². The van der Waals surface area contributed by atoms with Crippen LogP contribution in [-0.4, -0.2) is 26.6 Å². The molecule has 2 heterocycles. The third kappa shape index (κ3) is 4.01. The van der Waals surface area contributed by atoms with Crippen LogP contribution in [0, 0.1) is 6.92 Å². The Hall–Kier alpha value is -3.72. The molecule has 0 fully saturated rings. The van der Waals surface area contributed by atoms with E-state index in [1.54, 1.807) is 17.7 Å². The van der Waals surface area contributed by atoms with Crippen molar-refractivity contribution in [2.24, 2.45) is 0 Å². The number of hydrazine groups is 1. The first-order valence-electron chi connectivity index (χ1n) is 8.97. The van der Waals surface area contributed by atoms with Gasteiger partial charge in [0.25, 0.3) is 0 Å². The van der Waals surface area contributed by atoms with Gasteiger partial charge in [-0.2, -0.15) is 0 Å². The second kappa shape index (κ2) is 8.34. The van der Waals surface area contributed by atoms with Crippen LogP contribution in [0.4, 0.5) is 0 Å². The van der Waals surface area contributed by atoms with Crippen LogP contribution in [-0.2, 0) is 0 Å². The summed E-state index contributed by atoms with van der Waals surface area (Å²) < 4.78 is 7.28. The predicted molar refractivity (Wildman–Crippen MR) is 113 cm³/mol. The van der Waals surface area contributed by atoms with E-state index in [9.17, 15) is 9.59 Å². The fraction of sp³-hybridized carbons (Fsp3) is 0.0476. The molecule has 0 saturated heterocycles. The number of furan rings is 1. The molecule has 150 valence electrons. The van der Waals surface area contributed by atoms with Crippen LogP contribution in [0.15, 0.2) is 75.8 Å². The van der Waals surface area contributed by atoms with E-state index in [2.05, 4.69) is 36.9 Å². The van der Waals surface area contributed by atoms with Crippen LogP contribution >= 0.6 is 15.9 Å². The highest BCUT2D eigenvalue weighted by molar-refractivity contribution is 9.10. The summed E-state index contributed by atoms with van der Waals surface area (Å²) in [6.07, 6.45) is 0. The molecule has 0 spiro atoms. The van der Waals surface area contributed by atoms with Crippen molar-refractivity contribution in [3.63, 3.8) is 0 Å². The van der Waals surface area contributed by atoms with Gasteiger partial charge in [-0.25, -0.2) is 9.67 Å². The molecule has 0 aliphatic carbocycles. The minimum Gasteiger partial charge on any atom is -0.444 e. The topological polar surface area (TPSA) is 102 Å². The van der Waals surface area contributed by atoms with E-state index in [1.807, 2.05) is 60.7 Å². The Balaban J connectivity index is 1.59. The third-order valence-corrected chi connectivity index (χ3v) is 4.62. The predicted octanol–water partition coefficient (Wildman–Crippen LogP) is 3.67. The SMILES string of the molecule is Cc1cc(Br)oc1C(=O)NNC(=O)c1nc(-c2ccccc2)n(-c2ccccc2)n1. The number of amides is 2. The van der Waals surface area contributed by atoms with Gasteiger partial charge in [-0.1, -0.05) is 48.5 Å². The molecule has 9 heteroatoms. The largest absolute Gasteiger partial charge is 0.444 e. The highest BCUT2D eigenvalue weighted by Crippen LogP contribution is 2.21. The van der Waals surface area contributed by atoms with Gasteiger partial charge in [0.05, 0.1) is 5.69 Å². The number of halogens is 1. The van der Waals surface area contributed by atoms with Crippen LogP contribution in [0.5, 0.6) is 0 Å². The molecule has 4 aromatic rings. The number of hydrogen-bond acceptors (Lipinski definition) is 5. The number of nitrogens with one attached hydrogen (secondary N) is 2. The fourth-order valence-corrected chi connectivity index (χ4v) is 3.33. The van der Waals surface area contributed by atoms with Gasteiger partial charge in [-0.15, -0.1) is 5.10 Å². The molecule has 4 rings (SSSR count). The van der Waals surface area contributed by atoms with Crippen molar-refractivity contribution in [1.82, 2.24) is 25.6 Å². The van der Waals surface area contributed by atoms with Crippen molar-refractivity contribution < 1.29 is 14.0 Å². The Labute approximate surface area is 180 Å². The van der Waals surface area contributed by atoms with Gasteiger partial charge in [0.2, 0.25) is 5.82 Å². The van der Waals surface area contributed by atoms with E-state index in [-0.39, 0.29) is 11.6 Å². The summed E-state index contributed by atoms with van der Waals surface area (Å²) in [7, 11) is 0. The molecule has 0 saturated carbocycles. The van der Waals surface area contributed by atoms with Crippen molar-refractivity contribution in [1.29, 1.82) is 0 Å². The molecule has 30 heavy (non-hydrogen) atoms. The molecule has 0 radical (unpaired) electrons. The van der Waals surface area contributed by atoms with Gasteiger partial charge in [-0.05, 0) is 41.1 Å². The van der Waals surface area contributed by atoms with Crippen LogP contribution < -0.4 is 10.9 Å². The zero-order valence-electron chi connectivity index (χ0n) is 15.8. The molecule has 0 aliphatic heterocycles. The number of aryl methyl sites for hydroxylation is 1. The molecule has 2 N–H and O–H groups in total. The third-order valence-electron chi connectivity index (χ3n) is 4.23. The monoisotopic (exact) mass is 465 g/mol. The first-order valence-corrected chi connectivity index (χ1v) is 9.77. The van der Waals surface area contributed by atoms with E-state index in [1.165, 1.54) is 0 Å². The summed E-state index contributed by atoms with van der Waals surface area (Å²) in [5.41, 5.74) is 6.83. The maximum Gasteiger partial charge on any atom is 0.309 e. The Morgan fingerprint density at radius 3 is 2.23 bits per heavy atom. The fourth-order valence-electron chi connectivity index (χ4n) is 2.83. The van der Waals surface area contributed by atoms with E-state index in [0.717, 1.165) is 11.3 Å². The van der Waals surface area contributed by atoms with Crippen LogP contribution in [0.2, 0.25) is 0 Å². The molecule has 2 amide bonds. The number of nitrogens with zero attached hydrogens (tertiary/aromatic N) is 3. The molecular weight excluding hydrogens is 450 g/mol. The lowest BCUT2D eigenvalue weighted by atomic mass is 10.2. The number of hydrogen-bond donors (Lipinski definition) is 2. The Morgan fingerprint density at radius 2 is 1.60 bits per heavy atom. The Bertz CT molecular complexity index is 1150. The second-order valence-corrected chi connectivity index (χ2v) is 7.12. The van der Waals surface area contributed by atoms with Gasteiger partial charge in [0, 0.05) is 11.1 Å². The highest BCUT2D eigenvalue weighted by atomic mass is 79.9. The molecule has 8 nitrogen and oxygen atoms in total. The normalized spacial score (nSPS) is 10.6. The lowest BCUT2D eigenvalue weighted by molar-refractivity contribution is 0.0824. The number of para-hydroxylation sites is 1. The van der Waals surface area contributed by atoms with Crippen molar-refractivity contribution in [2.45, 2.75) is 6.92 Å². The number of carbonyl (C=O) groups excluding carboxylic acids is 2. The minimum absolute atomic E-state index is 0.0876. The van der Waals surface area contributed by atoms with Crippen molar-refractivity contribution in [2.75, 3.05) is 0 Å². The highest BCUT2D eigenvalue weighted by Gasteiger charge is 2.20. The number of carbonyl (C=O) groups is 2. The summed E-state index contributed by atoms with van der Waals surface area (Å²) in [4.78, 5) is 29.2. The molecule has 0 bridgehead atoms. The van der Waals surface area contributed by atoms with Gasteiger partial charge in [0.15, 0.2) is 16.3 Å². The quantitative estimate of drug-likeness (QED) is 0.447. The zero-order valence-corrected chi connectivity index (χ0v) is 17.4. The molecule has 0 atom stereocenters. The summed E-state index contributed by atoms with van der Waals surface area (Å²) in [5, 5.41) is 4.34. The Morgan fingerprint density at radius 1 is 0.967 bits per heavy atom. The molecule has 2 aromatic heterocycles. The maximum atomic E-state index is 12.6. The van der Waals surface area contributed by atoms with Crippen molar-refractivity contribution in [3.05, 3.63) is 88.5 Å². The minimum atomic E-state index is -0.654. The van der Waals surface area contributed by atoms with Crippen LogP contribution in [0.25, 0.3) is 17.1 Å². The molecular formula is C21H16BrN5O3. The van der Waals surface area contributed by atoms with Gasteiger partial charge in [0.1, 0.15) is 0 Å². The first-order chi connectivity index (χ1) is 14.5. The summed E-state index contributed by atoms with van der Waals surface area (Å²) in [6.45, 7) is 1.72. The van der Waals surface area contributed by atoms with Crippen molar-refractivity contribution in [3.8, 4) is 17.1 Å². The second-order valence-electron chi connectivity index (χ2n) is 6.34. The van der Waals surface area contributed by atoms with Crippen LogP contribution in [0.3, 0.4) is 0 Å². The average molecular weight is 466 g/mol. The molecule has 0 aliphatic rings. The molecule has 2 aromatic carbocycles. The number of benzene rings is 2. The Kier molecular flexibility index (Phi) is 5.44. The van der Waals surface area contributed by atoms with E-state index >= 15 is 0 Å². The van der Waals surface area contributed by atoms with Gasteiger partial charge in [-0.3, -0.25) is 20.4 Å². The van der Waals surface area contributed by atoms with Crippen LogP contribution in [0.1, 0.15) is 26.7 Å². The summed E-state index contributed by atoms with van der Waals surface area (Å²) in [6, 6.07) is 20.4. The lowest BCUT2D eigenvalue weighted by Gasteiger charge is -2.05. The van der Waals surface area contributed by atoms with Gasteiger partial charge < -0.3 is 4.42 Å².